The van der Waals surface area contributed by atoms with Crippen LogP contribution in [-0.4, -0.2) is 37.6 Å². The van der Waals surface area contributed by atoms with Crippen molar-refractivity contribution in [3.05, 3.63) is 41.4 Å². The molecule has 0 aromatic heterocycles. The van der Waals surface area contributed by atoms with Crippen LogP contribution in [0.3, 0.4) is 0 Å². The molecule has 0 bridgehead atoms. The van der Waals surface area contributed by atoms with Crippen molar-refractivity contribution in [3.63, 3.8) is 0 Å². The number of hydrogen-bond acceptors (Lipinski definition) is 5. The number of aliphatic hydroxyl groups is 1. The molecule has 8 heteroatoms. The van der Waals surface area contributed by atoms with E-state index in [9.17, 15) is 9.59 Å². The normalized spacial score (nSPS) is 10.6. The lowest BCUT2D eigenvalue weighted by Crippen LogP contribution is -2.21. The standard InChI is InChI=1S/C9H9ClN2O2.C5H8.C2H4O2.CH4O/c10-6-2-1-3-7(4-6)12-9(14)5-8(11)13;1-2-4-5-3-1;1-4-2-3;1-2/h1-4H,5H2,(H2,11,13)(H,12,14);1-2H,3-5H2;2H,1H3;2H,1H3. The first kappa shape index (κ1) is 24.9. The lowest BCUT2D eigenvalue weighted by atomic mass is 10.3. The summed E-state index contributed by atoms with van der Waals surface area (Å²) in [6.45, 7) is 0.375. The quantitative estimate of drug-likeness (QED) is 0.425. The molecule has 1 aliphatic carbocycles. The Bertz CT molecular complexity index is 530. The molecule has 2 rings (SSSR count). The first-order valence-corrected chi connectivity index (χ1v) is 7.77. The van der Waals surface area contributed by atoms with Crippen LogP contribution in [0.4, 0.5) is 5.69 Å². The molecule has 0 radical (unpaired) electrons. The zero-order chi connectivity index (χ0) is 19.5. The summed E-state index contributed by atoms with van der Waals surface area (Å²) in [6, 6.07) is 6.64. The van der Waals surface area contributed by atoms with Crippen LogP contribution in [0.25, 0.3) is 0 Å². The lowest BCUT2D eigenvalue weighted by molar-refractivity contribution is -0.126. The Morgan fingerprint density at radius 2 is 1.88 bits per heavy atom. The SMILES string of the molecule is C1=CCCC1.CO.COC=O.NC(=O)CC(=O)Nc1cccc(Cl)c1. The van der Waals surface area contributed by atoms with Crippen molar-refractivity contribution in [1.82, 2.24) is 0 Å². The summed E-state index contributed by atoms with van der Waals surface area (Å²) in [7, 11) is 2.31. The van der Waals surface area contributed by atoms with Gasteiger partial charge in [0, 0.05) is 17.8 Å². The average molecular weight is 373 g/mol. The molecule has 0 spiro atoms. The first-order valence-electron chi connectivity index (χ1n) is 7.39. The maximum atomic E-state index is 11.1. The number of carbonyl (C=O) groups is 3. The van der Waals surface area contributed by atoms with E-state index >= 15 is 0 Å². The molecule has 0 saturated heterocycles. The van der Waals surface area contributed by atoms with Crippen molar-refractivity contribution in [2.24, 2.45) is 5.73 Å². The molecule has 1 aromatic carbocycles. The number of benzene rings is 1. The molecule has 1 aromatic rings. The Balaban J connectivity index is 0. The number of allylic oxidation sites excluding steroid dienone is 2. The van der Waals surface area contributed by atoms with Gasteiger partial charge in [-0.3, -0.25) is 14.4 Å². The molecule has 0 fully saturated rings. The third kappa shape index (κ3) is 17.8. The monoisotopic (exact) mass is 372 g/mol. The number of carbonyl (C=O) groups excluding carboxylic acids is 3. The lowest BCUT2D eigenvalue weighted by Gasteiger charge is -2.03. The average Bonchev–Trinajstić information content (AvgIpc) is 3.16. The van der Waals surface area contributed by atoms with Gasteiger partial charge in [-0.25, -0.2) is 0 Å². The van der Waals surface area contributed by atoms with Crippen LogP contribution in [0.15, 0.2) is 36.4 Å². The van der Waals surface area contributed by atoms with E-state index < -0.39 is 11.8 Å². The number of primary amides is 1. The predicted molar refractivity (Wildman–Crippen MR) is 98.1 cm³/mol. The number of methoxy groups -OCH3 is 1. The van der Waals surface area contributed by atoms with Gasteiger partial charge < -0.3 is 20.9 Å². The second-order valence-electron chi connectivity index (χ2n) is 4.44. The molecule has 0 heterocycles. The highest BCUT2D eigenvalue weighted by Crippen LogP contribution is 2.14. The molecule has 1 aliphatic rings. The van der Waals surface area contributed by atoms with Gasteiger partial charge >= 0.3 is 0 Å². The van der Waals surface area contributed by atoms with Gasteiger partial charge in [-0.15, -0.1) is 0 Å². The van der Waals surface area contributed by atoms with E-state index in [1.807, 2.05) is 0 Å². The summed E-state index contributed by atoms with van der Waals surface area (Å²) in [5.74, 6) is -1.11. The highest BCUT2D eigenvalue weighted by molar-refractivity contribution is 6.30. The molecule has 25 heavy (non-hydrogen) atoms. The second-order valence-corrected chi connectivity index (χ2v) is 4.87. The summed E-state index contributed by atoms with van der Waals surface area (Å²) < 4.78 is 3.86. The first-order chi connectivity index (χ1) is 12.0. The molecule has 2 amide bonds. The third-order valence-electron chi connectivity index (χ3n) is 2.45. The number of halogens is 1. The smallest absolute Gasteiger partial charge is 0.292 e. The molecule has 0 unspecified atom stereocenters. The van der Waals surface area contributed by atoms with Gasteiger partial charge in [0.2, 0.25) is 11.8 Å². The fourth-order valence-corrected chi connectivity index (χ4v) is 1.71. The van der Waals surface area contributed by atoms with Crippen LogP contribution < -0.4 is 11.1 Å². The van der Waals surface area contributed by atoms with Gasteiger partial charge in [-0.1, -0.05) is 29.8 Å². The van der Waals surface area contributed by atoms with Crippen molar-refractivity contribution in [1.29, 1.82) is 0 Å². The Morgan fingerprint density at radius 3 is 2.24 bits per heavy atom. The Kier molecular flexibility index (Phi) is 17.9. The van der Waals surface area contributed by atoms with Gasteiger partial charge in [0.1, 0.15) is 6.42 Å². The zero-order valence-electron chi connectivity index (χ0n) is 14.4. The Labute approximate surface area is 152 Å². The van der Waals surface area contributed by atoms with E-state index in [4.69, 9.17) is 27.2 Å². The summed E-state index contributed by atoms with van der Waals surface area (Å²) in [6.07, 6.45) is 8.17. The largest absolute Gasteiger partial charge is 0.471 e. The summed E-state index contributed by atoms with van der Waals surface area (Å²) in [5.41, 5.74) is 5.40. The van der Waals surface area contributed by atoms with Crippen LogP contribution in [-0.2, 0) is 19.1 Å². The van der Waals surface area contributed by atoms with Crippen molar-refractivity contribution >= 4 is 35.6 Å². The predicted octanol–water partition coefficient (Wildman–Crippen LogP) is 2.28. The fraction of sp³-hybridized carbons (Fsp3) is 0.353. The molecule has 0 aliphatic heterocycles. The Morgan fingerprint density at radius 1 is 1.32 bits per heavy atom. The van der Waals surface area contributed by atoms with E-state index in [2.05, 4.69) is 22.2 Å². The van der Waals surface area contributed by atoms with Crippen molar-refractivity contribution in [2.45, 2.75) is 25.7 Å². The maximum Gasteiger partial charge on any atom is 0.292 e. The van der Waals surface area contributed by atoms with E-state index in [0.717, 1.165) is 7.11 Å². The van der Waals surface area contributed by atoms with Crippen LogP contribution in [0.2, 0.25) is 5.02 Å². The molecule has 0 saturated carbocycles. The number of amides is 2. The summed E-state index contributed by atoms with van der Waals surface area (Å²) in [4.78, 5) is 30.4. The minimum Gasteiger partial charge on any atom is -0.471 e. The van der Waals surface area contributed by atoms with Crippen molar-refractivity contribution in [3.8, 4) is 0 Å². The van der Waals surface area contributed by atoms with Crippen LogP contribution in [0.5, 0.6) is 0 Å². The minimum atomic E-state index is -0.662. The molecule has 4 N–H and O–H groups in total. The second kappa shape index (κ2) is 18.0. The molecule has 7 nitrogen and oxygen atoms in total. The molecule has 140 valence electrons. The van der Waals surface area contributed by atoms with Gasteiger partial charge in [0.05, 0.1) is 7.11 Å². The van der Waals surface area contributed by atoms with Gasteiger partial charge in [-0.05, 0) is 37.5 Å². The topological polar surface area (TPSA) is 119 Å². The van der Waals surface area contributed by atoms with Crippen molar-refractivity contribution < 1.29 is 24.2 Å². The van der Waals surface area contributed by atoms with E-state index in [1.165, 1.54) is 26.4 Å². The van der Waals surface area contributed by atoms with E-state index in [1.54, 1.807) is 24.3 Å². The maximum absolute atomic E-state index is 11.1. The van der Waals surface area contributed by atoms with Gasteiger partial charge in [0.15, 0.2) is 0 Å². The van der Waals surface area contributed by atoms with Gasteiger partial charge in [0.25, 0.3) is 6.47 Å². The number of anilines is 1. The van der Waals surface area contributed by atoms with Crippen LogP contribution in [0, 0.1) is 0 Å². The highest BCUT2D eigenvalue weighted by Gasteiger charge is 2.05. The van der Waals surface area contributed by atoms with E-state index in [-0.39, 0.29) is 6.42 Å². The van der Waals surface area contributed by atoms with Crippen LogP contribution in [0.1, 0.15) is 25.7 Å². The summed E-state index contributed by atoms with van der Waals surface area (Å²) >= 11 is 5.69. The van der Waals surface area contributed by atoms with E-state index in [0.29, 0.717) is 17.2 Å². The number of nitrogens with one attached hydrogen (secondary N) is 1. The highest BCUT2D eigenvalue weighted by atomic mass is 35.5. The number of ether oxygens (including phenoxy) is 1. The Hall–Kier alpha value is -2.38. The summed E-state index contributed by atoms with van der Waals surface area (Å²) in [5, 5.41) is 10.0. The molecular formula is C17H25ClN2O5. The molecule has 0 atom stereocenters. The van der Waals surface area contributed by atoms with Crippen LogP contribution >= 0.6 is 11.6 Å². The number of rotatable bonds is 4. The van der Waals surface area contributed by atoms with Crippen molar-refractivity contribution in [2.75, 3.05) is 19.5 Å². The minimum absolute atomic E-state index is 0.327. The number of aliphatic hydroxyl groups excluding tert-OH is 1. The number of hydrogen-bond donors (Lipinski definition) is 3. The zero-order valence-corrected chi connectivity index (χ0v) is 15.2. The number of nitrogens with two attached hydrogens (primary N) is 1. The third-order valence-corrected chi connectivity index (χ3v) is 2.68. The molecular weight excluding hydrogens is 348 g/mol. The fourth-order valence-electron chi connectivity index (χ4n) is 1.52. The van der Waals surface area contributed by atoms with Gasteiger partial charge in [-0.2, -0.15) is 0 Å².